The first-order chi connectivity index (χ1) is 14.2. The number of hydrogen-bond acceptors (Lipinski definition) is 4. The lowest BCUT2D eigenvalue weighted by molar-refractivity contribution is -0.131. The number of carbonyl (C=O) groups excluding carboxylic acids is 3. The van der Waals surface area contributed by atoms with Crippen molar-refractivity contribution in [1.82, 2.24) is 16.2 Å². The third-order valence-electron chi connectivity index (χ3n) is 4.52. The second kappa shape index (κ2) is 10.4. The molecule has 2 aromatic rings. The van der Waals surface area contributed by atoms with Crippen LogP contribution < -0.4 is 20.9 Å². The molecule has 0 aliphatic rings. The summed E-state index contributed by atoms with van der Waals surface area (Å²) >= 11 is 0. The molecular weight excluding hydrogens is 389 g/mol. The second-order valence-electron chi connectivity index (χ2n) is 7.27. The Kier molecular flexibility index (Phi) is 7.91. The van der Waals surface area contributed by atoms with Crippen LogP contribution in [0.15, 0.2) is 42.5 Å². The predicted molar refractivity (Wildman–Crippen MR) is 110 cm³/mol. The number of amides is 3. The molecule has 2 aromatic carbocycles. The summed E-state index contributed by atoms with van der Waals surface area (Å²) in [6.07, 6.45) is 0. The third-order valence-corrected chi connectivity index (χ3v) is 4.52. The summed E-state index contributed by atoms with van der Waals surface area (Å²) in [5.74, 6) is -1.82. The molecule has 7 nitrogen and oxygen atoms in total. The van der Waals surface area contributed by atoms with Crippen LogP contribution in [-0.2, 0) is 9.59 Å². The molecule has 0 fully saturated rings. The van der Waals surface area contributed by atoms with Gasteiger partial charge in [0.2, 0.25) is 0 Å². The molecule has 0 aliphatic carbocycles. The van der Waals surface area contributed by atoms with E-state index in [-0.39, 0.29) is 18.1 Å². The number of rotatable bonds is 7. The van der Waals surface area contributed by atoms with Crippen molar-refractivity contribution in [1.29, 1.82) is 0 Å². The molecule has 2 rings (SSSR count). The van der Waals surface area contributed by atoms with Gasteiger partial charge in [0.15, 0.2) is 6.61 Å². The van der Waals surface area contributed by atoms with Gasteiger partial charge in [-0.1, -0.05) is 19.9 Å². The first-order valence-electron chi connectivity index (χ1n) is 9.52. The molecule has 0 saturated heterocycles. The van der Waals surface area contributed by atoms with Gasteiger partial charge in [-0.05, 0) is 67.3 Å². The summed E-state index contributed by atoms with van der Waals surface area (Å²) in [4.78, 5) is 36.7. The highest BCUT2D eigenvalue weighted by Crippen LogP contribution is 2.16. The number of ether oxygens (including phenoxy) is 1. The molecule has 0 heterocycles. The van der Waals surface area contributed by atoms with Crippen molar-refractivity contribution in [3.63, 3.8) is 0 Å². The van der Waals surface area contributed by atoms with Crippen LogP contribution in [0, 0.1) is 25.6 Å². The van der Waals surface area contributed by atoms with Crippen LogP contribution in [-0.4, -0.2) is 30.4 Å². The topological polar surface area (TPSA) is 96.5 Å². The molecule has 0 aromatic heterocycles. The largest absolute Gasteiger partial charge is 0.484 e. The van der Waals surface area contributed by atoms with Gasteiger partial charge in [-0.3, -0.25) is 25.2 Å². The van der Waals surface area contributed by atoms with Gasteiger partial charge in [-0.15, -0.1) is 0 Å². The molecule has 0 spiro atoms. The molecule has 3 amide bonds. The van der Waals surface area contributed by atoms with E-state index in [0.717, 1.165) is 23.3 Å². The minimum absolute atomic E-state index is 0.223. The van der Waals surface area contributed by atoms with Crippen molar-refractivity contribution >= 4 is 17.7 Å². The van der Waals surface area contributed by atoms with E-state index >= 15 is 0 Å². The maximum Gasteiger partial charge on any atom is 0.276 e. The highest BCUT2D eigenvalue weighted by molar-refractivity contribution is 5.97. The lowest BCUT2D eigenvalue weighted by atomic mass is 10.0. The Morgan fingerprint density at radius 2 is 1.63 bits per heavy atom. The number of benzene rings is 2. The minimum atomic E-state index is -0.900. The number of hydrogen-bond donors (Lipinski definition) is 3. The van der Waals surface area contributed by atoms with Gasteiger partial charge in [0.1, 0.15) is 17.6 Å². The predicted octanol–water partition coefficient (Wildman–Crippen LogP) is 2.42. The molecule has 160 valence electrons. The van der Waals surface area contributed by atoms with Crippen molar-refractivity contribution in [3.8, 4) is 5.75 Å². The lowest BCUT2D eigenvalue weighted by Gasteiger charge is -2.22. The first kappa shape index (κ1) is 22.9. The number of aryl methyl sites for hydroxylation is 2. The molecule has 0 saturated carbocycles. The summed E-state index contributed by atoms with van der Waals surface area (Å²) in [7, 11) is 0. The highest BCUT2D eigenvalue weighted by atomic mass is 19.1. The van der Waals surface area contributed by atoms with Crippen LogP contribution in [0.3, 0.4) is 0 Å². The summed E-state index contributed by atoms with van der Waals surface area (Å²) in [6, 6.07) is 9.54. The van der Waals surface area contributed by atoms with Crippen LogP contribution >= 0.6 is 0 Å². The molecule has 0 bridgehead atoms. The quantitative estimate of drug-likeness (QED) is 0.605. The Hall–Kier alpha value is -3.42. The lowest BCUT2D eigenvalue weighted by Crippen LogP contribution is -2.55. The Balaban J connectivity index is 1.86. The van der Waals surface area contributed by atoms with Gasteiger partial charge in [0, 0.05) is 5.56 Å². The Labute approximate surface area is 175 Å². The maximum absolute atomic E-state index is 13.0. The molecule has 30 heavy (non-hydrogen) atoms. The third kappa shape index (κ3) is 6.58. The molecule has 8 heteroatoms. The Bertz CT molecular complexity index is 913. The van der Waals surface area contributed by atoms with E-state index in [0.29, 0.717) is 5.75 Å². The first-order valence-corrected chi connectivity index (χ1v) is 9.52. The second-order valence-corrected chi connectivity index (χ2v) is 7.27. The van der Waals surface area contributed by atoms with Gasteiger partial charge in [-0.25, -0.2) is 4.39 Å². The summed E-state index contributed by atoms with van der Waals surface area (Å²) in [5.41, 5.74) is 6.94. The van der Waals surface area contributed by atoms with Crippen LogP contribution in [0.2, 0.25) is 0 Å². The maximum atomic E-state index is 13.0. The van der Waals surface area contributed by atoms with Crippen LogP contribution in [0.5, 0.6) is 5.75 Å². The normalized spacial score (nSPS) is 11.5. The standard InChI is InChI=1S/C22H26FN3O4/c1-13(2)20(24-21(28)16-6-8-17(23)9-7-16)22(29)26-25-19(27)12-30-18-10-5-14(3)15(4)11-18/h5-11,13,20H,12H2,1-4H3,(H,24,28)(H,25,27)(H,26,29). The summed E-state index contributed by atoms with van der Waals surface area (Å²) in [6.45, 7) is 7.13. The van der Waals surface area contributed by atoms with E-state index in [4.69, 9.17) is 4.74 Å². The van der Waals surface area contributed by atoms with Gasteiger partial charge in [0.05, 0.1) is 0 Å². The smallest absolute Gasteiger partial charge is 0.276 e. The number of halogens is 1. The van der Waals surface area contributed by atoms with E-state index in [1.165, 1.54) is 12.1 Å². The number of nitrogens with one attached hydrogen (secondary N) is 3. The van der Waals surface area contributed by atoms with E-state index in [1.54, 1.807) is 19.9 Å². The van der Waals surface area contributed by atoms with Crippen LogP contribution in [0.25, 0.3) is 0 Å². The number of carbonyl (C=O) groups is 3. The van der Waals surface area contributed by atoms with Crippen molar-refractivity contribution in [3.05, 3.63) is 65.0 Å². The molecule has 1 unspecified atom stereocenters. The van der Waals surface area contributed by atoms with E-state index < -0.39 is 29.6 Å². The Morgan fingerprint density at radius 1 is 0.967 bits per heavy atom. The van der Waals surface area contributed by atoms with Crippen LogP contribution in [0.4, 0.5) is 4.39 Å². The zero-order chi connectivity index (χ0) is 22.3. The molecule has 0 radical (unpaired) electrons. The average Bonchev–Trinajstić information content (AvgIpc) is 2.71. The average molecular weight is 415 g/mol. The fourth-order valence-electron chi connectivity index (χ4n) is 2.56. The van der Waals surface area contributed by atoms with Crippen LogP contribution in [0.1, 0.15) is 35.3 Å². The van der Waals surface area contributed by atoms with Crippen molar-refractivity contribution in [2.24, 2.45) is 5.92 Å². The van der Waals surface area contributed by atoms with Gasteiger partial charge in [0.25, 0.3) is 17.7 Å². The fraction of sp³-hybridized carbons (Fsp3) is 0.318. The van der Waals surface area contributed by atoms with Crippen molar-refractivity contribution in [2.75, 3.05) is 6.61 Å². The molecule has 3 N–H and O–H groups in total. The van der Waals surface area contributed by atoms with E-state index in [2.05, 4.69) is 16.2 Å². The van der Waals surface area contributed by atoms with Gasteiger partial charge < -0.3 is 10.1 Å². The zero-order valence-electron chi connectivity index (χ0n) is 17.4. The molecule has 1 atom stereocenters. The fourth-order valence-corrected chi connectivity index (χ4v) is 2.56. The van der Waals surface area contributed by atoms with Crippen molar-refractivity contribution in [2.45, 2.75) is 33.7 Å². The van der Waals surface area contributed by atoms with Gasteiger partial charge in [-0.2, -0.15) is 0 Å². The minimum Gasteiger partial charge on any atom is -0.484 e. The highest BCUT2D eigenvalue weighted by Gasteiger charge is 2.25. The molecular formula is C22H26FN3O4. The van der Waals surface area contributed by atoms with E-state index in [9.17, 15) is 18.8 Å². The van der Waals surface area contributed by atoms with Crippen molar-refractivity contribution < 1.29 is 23.5 Å². The Morgan fingerprint density at radius 3 is 2.23 bits per heavy atom. The number of hydrazine groups is 1. The summed E-state index contributed by atoms with van der Waals surface area (Å²) in [5, 5.41) is 2.59. The summed E-state index contributed by atoms with van der Waals surface area (Å²) < 4.78 is 18.4. The zero-order valence-corrected chi connectivity index (χ0v) is 17.4. The SMILES string of the molecule is Cc1ccc(OCC(=O)NNC(=O)C(NC(=O)c2ccc(F)cc2)C(C)C)cc1C. The van der Waals surface area contributed by atoms with E-state index in [1.807, 2.05) is 26.0 Å². The van der Waals surface area contributed by atoms with Gasteiger partial charge >= 0.3 is 0 Å². The molecule has 0 aliphatic heterocycles. The monoisotopic (exact) mass is 415 g/mol.